The summed E-state index contributed by atoms with van der Waals surface area (Å²) in [4.78, 5) is 5.61. The molecule has 0 aromatic carbocycles. The van der Waals surface area contributed by atoms with Crippen molar-refractivity contribution in [1.29, 1.82) is 0 Å². The van der Waals surface area contributed by atoms with E-state index in [1.165, 1.54) is 77.5 Å². The fourth-order valence-electron chi connectivity index (χ4n) is 5.33. The molecule has 2 aliphatic heterocycles. The molecule has 30 heavy (non-hydrogen) atoms. The van der Waals surface area contributed by atoms with Crippen molar-refractivity contribution < 1.29 is 0 Å². The van der Waals surface area contributed by atoms with Crippen molar-refractivity contribution in [3.05, 3.63) is 0 Å². The van der Waals surface area contributed by atoms with E-state index in [-0.39, 0.29) is 0 Å². The fourth-order valence-corrected chi connectivity index (χ4v) is 5.33. The van der Waals surface area contributed by atoms with Crippen LogP contribution in [0.5, 0.6) is 0 Å². The molecular formula is C25H53N5. The first-order chi connectivity index (χ1) is 14.6. The summed E-state index contributed by atoms with van der Waals surface area (Å²) in [6.07, 6.45) is 11.1. The molecule has 0 bridgehead atoms. The molecule has 0 aromatic rings. The van der Waals surface area contributed by atoms with Gasteiger partial charge in [-0.2, -0.15) is 0 Å². The molecule has 2 unspecified atom stereocenters. The fraction of sp³-hybridized carbons (Fsp3) is 1.00. The third-order valence-corrected chi connectivity index (χ3v) is 7.27. The second-order valence-corrected chi connectivity index (χ2v) is 10.2. The van der Waals surface area contributed by atoms with Crippen molar-refractivity contribution in [2.24, 2.45) is 17.8 Å². The second kappa shape index (κ2) is 14.8. The summed E-state index contributed by atoms with van der Waals surface area (Å²) in [5, 5.41) is 11.1. The number of unbranched alkanes of at least 4 members (excludes halogenated alkanes) is 2. The van der Waals surface area contributed by atoms with Crippen molar-refractivity contribution in [1.82, 2.24) is 25.8 Å². The van der Waals surface area contributed by atoms with Gasteiger partial charge < -0.3 is 10.6 Å². The van der Waals surface area contributed by atoms with Gasteiger partial charge in [-0.05, 0) is 30.6 Å². The predicted molar refractivity (Wildman–Crippen MR) is 131 cm³/mol. The number of nitrogens with one attached hydrogen (secondary N) is 3. The maximum atomic E-state index is 4.08. The van der Waals surface area contributed by atoms with Gasteiger partial charge >= 0.3 is 0 Å². The van der Waals surface area contributed by atoms with Crippen LogP contribution in [-0.2, 0) is 0 Å². The average molecular weight is 424 g/mol. The lowest BCUT2D eigenvalue weighted by atomic mass is 9.95. The normalized spacial score (nSPS) is 26.7. The highest BCUT2D eigenvalue weighted by atomic mass is 15.5. The number of hydrogen-bond donors (Lipinski definition) is 3. The molecule has 0 amide bonds. The minimum Gasteiger partial charge on any atom is -0.303 e. The van der Waals surface area contributed by atoms with Gasteiger partial charge in [0.25, 0.3) is 0 Å². The van der Waals surface area contributed by atoms with Crippen molar-refractivity contribution in [3.63, 3.8) is 0 Å². The predicted octanol–water partition coefficient (Wildman–Crippen LogP) is 4.07. The SMILES string of the molecule is CCCCC(CC)CN1CC(C)CN(CC(CC)CCCC)C1NC1CNCNC1. The second-order valence-electron chi connectivity index (χ2n) is 10.2. The molecule has 178 valence electrons. The third-order valence-electron chi connectivity index (χ3n) is 7.27. The summed E-state index contributed by atoms with van der Waals surface area (Å²) in [6, 6.07) is 0.508. The van der Waals surface area contributed by atoms with Crippen molar-refractivity contribution in [2.45, 2.75) is 98.3 Å². The first-order valence-corrected chi connectivity index (χ1v) is 13.3. The molecular weight excluding hydrogens is 370 g/mol. The standard InChI is InChI=1S/C25H53N5/c1-6-10-12-22(8-3)18-29-16-21(5)17-30(19-23(9-4)13-11-7-2)25(29)28-24-14-26-20-27-15-24/h21-28H,6-20H2,1-5H3. The lowest BCUT2D eigenvalue weighted by Crippen LogP contribution is -2.68. The van der Waals surface area contributed by atoms with Gasteiger partial charge in [0.2, 0.25) is 0 Å². The highest BCUT2D eigenvalue weighted by molar-refractivity contribution is 4.88. The Balaban J connectivity index is 2.11. The van der Waals surface area contributed by atoms with E-state index < -0.39 is 0 Å². The number of nitrogens with zero attached hydrogens (tertiary/aromatic N) is 2. The Morgan fingerprint density at radius 3 is 1.77 bits per heavy atom. The summed E-state index contributed by atoms with van der Waals surface area (Å²) in [5.41, 5.74) is 0. The van der Waals surface area contributed by atoms with Crippen LogP contribution in [0, 0.1) is 17.8 Å². The van der Waals surface area contributed by atoms with E-state index in [0.29, 0.717) is 12.3 Å². The van der Waals surface area contributed by atoms with Crippen LogP contribution in [0.1, 0.15) is 86.0 Å². The Bertz CT molecular complexity index is 398. The van der Waals surface area contributed by atoms with E-state index in [1.807, 2.05) is 0 Å². The Kier molecular flexibility index (Phi) is 12.8. The molecule has 5 heteroatoms. The van der Waals surface area contributed by atoms with E-state index in [9.17, 15) is 0 Å². The molecule has 2 fully saturated rings. The summed E-state index contributed by atoms with van der Waals surface area (Å²) in [6.45, 7) is 19.9. The van der Waals surface area contributed by atoms with Crippen LogP contribution < -0.4 is 16.0 Å². The largest absolute Gasteiger partial charge is 0.303 e. The van der Waals surface area contributed by atoms with Crippen LogP contribution in [0.2, 0.25) is 0 Å². The zero-order valence-electron chi connectivity index (χ0n) is 20.9. The zero-order chi connectivity index (χ0) is 21.8. The summed E-state index contributed by atoms with van der Waals surface area (Å²) in [7, 11) is 0. The summed E-state index contributed by atoms with van der Waals surface area (Å²) >= 11 is 0. The molecule has 3 N–H and O–H groups in total. The molecule has 2 saturated heterocycles. The molecule has 2 heterocycles. The Labute approximate surface area is 188 Å². The van der Waals surface area contributed by atoms with Gasteiger partial charge in [-0.15, -0.1) is 0 Å². The minimum atomic E-state index is 0.388. The average Bonchev–Trinajstić information content (AvgIpc) is 2.76. The number of rotatable bonds is 14. The highest BCUT2D eigenvalue weighted by Crippen LogP contribution is 2.25. The van der Waals surface area contributed by atoms with E-state index in [2.05, 4.69) is 60.4 Å². The first kappa shape index (κ1) is 26.1. The summed E-state index contributed by atoms with van der Waals surface area (Å²) in [5.74, 6) is 2.40. The van der Waals surface area contributed by atoms with E-state index in [1.54, 1.807) is 0 Å². The van der Waals surface area contributed by atoms with Gasteiger partial charge in [0, 0.05) is 52.0 Å². The molecule has 2 aliphatic rings. The maximum absolute atomic E-state index is 4.08. The Hall–Kier alpha value is -0.200. The molecule has 0 radical (unpaired) electrons. The van der Waals surface area contributed by atoms with E-state index in [0.717, 1.165) is 37.5 Å². The van der Waals surface area contributed by atoms with Gasteiger partial charge in [-0.3, -0.25) is 15.1 Å². The molecule has 0 aromatic heterocycles. The van der Waals surface area contributed by atoms with Crippen molar-refractivity contribution in [3.8, 4) is 0 Å². The molecule has 2 rings (SSSR count). The van der Waals surface area contributed by atoms with Crippen LogP contribution in [0.25, 0.3) is 0 Å². The van der Waals surface area contributed by atoms with Crippen LogP contribution in [0.3, 0.4) is 0 Å². The van der Waals surface area contributed by atoms with E-state index in [4.69, 9.17) is 0 Å². The van der Waals surface area contributed by atoms with Gasteiger partial charge in [0.15, 0.2) is 0 Å². The quantitative estimate of drug-likeness (QED) is 0.393. The van der Waals surface area contributed by atoms with Gasteiger partial charge in [0.05, 0.1) is 0 Å². The van der Waals surface area contributed by atoms with E-state index >= 15 is 0 Å². The smallest absolute Gasteiger partial charge is 0.117 e. The highest BCUT2D eigenvalue weighted by Gasteiger charge is 2.35. The van der Waals surface area contributed by atoms with Crippen molar-refractivity contribution in [2.75, 3.05) is 45.9 Å². The van der Waals surface area contributed by atoms with Crippen LogP contribution in [0.4, 0.5) is 0 Å². The van der Waals surface area contributed by atoms with Gasteiger partial charge in [-0.1, -0.05) is 73.1 Å². The minimum absolute atomic E-state index is 0.388. The third kappa shape index (κ3) is 8.74. The topological polar surface area (TPSA) is 42.6 Å². The van der Waals surface area contributed by atoms with Gasteiger partial charge in [0.1, 0.15) is 6.29 Å². The monoisotopic (exact) mass is 423 g/mol. The van der Waals surface area contributed by atoms with Crippen LogP contribution in [0.15, 0.2) is 0 Å². The number of hydrogen-bond acceptors (Lipinski definition) is 5. The summed E-state index contributed by atoms with van der Waals surface area (Å²) < 4.78 is 0. The lowest BCUT2D eigenvalue weighted by molar-refractivity contribution is -0.0618. The molecule has 0 aliphatic carbocycles. The molecule has 5 nitrogen and oxygen atoms in total. The molecule has 0 spiro atoms. The molecule has 0 saturated carbocycles. The van der Waals surface area contributed by atoms with Crippen LogP contribution >= 0.6 is 0 Å². The maximum Gasteiger partial charge on any atom is 0.117 e. The lowest BCUT2D eigenvalue weighted by Gasteiger charge is -2.50. The molecule has 2 atom stereocenters. The van der Waals surface area contributed by atoms with Crippen LogP contribution in [-0.4, -0.2) is 68.1 Å². The first-order valence-electron chi connectivity index (χ1n) is 13.3. The van der Waals surface area contributed by atoms with Crippen molar-refractivity contribution >= 4 is 0 Å². The Morgan fingerprint density at radius 1 is 0.833 bits per heavy atom. The zero-order valence-corrected chi connectivity index (χ0v) is 20.9. The Morgan fingerprint density at radius 2 is 1.33 bits per heavy atom. The van der Waals surface area contributed by atoms with Gasteiger partial charge in [-0.25, -0.2) is 0 Å².